The molecule has 0 radical (unpaired) electrons. The Bertz CT molecular complexity index is 1660. The summed E-state index contributed by atoms with van der Waals surface area (Å²) < 4.78 is 0.903. The van der Waals surface area contributed by atoms with Gasteiger partial charge in [0.2, 0.25) is 17.7 Å². The summed E-state index contributed by atoms with van der Waals surface area (Å²) in [4.78, 5) is 45.5. The molecule has 2 aliphatic rings. The number of imide groups is 1. The highest BCUT2D eigenvalue weighted by molar-refractivity contribution is 9.10. The molecule has 4 aromatic carbocycles. The molecule has 4 aromatic rings. The number of amides is 3. The van der Waals surface area contributed by atoms with Crippen molar-refractivity contribution in [3.05, 3.63) is 134 Å². The Labute approximate surface area is 256 Å². The lowest BCUT2D eigenvalue weighted by molar-refractivity contribution is -0.142. The Morgan fingerprint density at radius 2 is 1.49 bits per heavy atom. The first kappa shape index (κ1) is 27.7. The molecule has 0 unspecified atom stereocenters. The van der Waals surface area contributed by atoms with Crippen LogP contribution in [-0.4, -0.2) is 22.6 Å². The van der Waals surface area contributed by atoms with E-state index in [-0.39, 0.29) is 37.1 Å². The third-order valence-electron chi connectivity index (χ3n) is 8.06. The molecule has 3 amide bonds. The van der Waals surface area contributed by atoms with E-state index in [1.54, 1.807) is 35.2 Å². The first-order valence-corrected chi connectivity index (χ1v) is 14.8. The fraction of sp³-hybridized carbons (Fsp3) is 0.182. The van der Waals surface area contributed by atoms with Crippen LogP contribution in [0.4, 0.5) is 5.69 Å². The Hall–Kier alpha value is -3.45. The minimum absolute atomic E-state index is 0.0481. The van der Waals surface area contributed by atoms with E-state index in [2.05, 4.69) is 15.9 Å². The maximum Gasteiger partial charge on any atom is 0.239 e. The topological polar surface area (TPSA) is 57.7 Å². The predicted octanol–water partition coefficient (Wildman–Crippen LogP) is 7.36. The quantitative estimate of drug-likeness (QED) is 0.197. The van der Waals surface area contributed by atoms with Gasteiger partial charge in [0.05, 0.1) is 24.4 Å². The summed E-state index contributed by atoms with van der Waals surface area (Å²) in [6.45, 7) is 0.376. The lowest BCUT2D eigenvalue weighted by Crippen LogP contribution is -2.49. The zero-order chi connectivity index (χ0) is 28.7. The van der Waals surface area contributed by atoms with Gasteiger partial charge in [0.1, 0.15) is 0 Å². The van der Waals surface area contributed by atoms with E-state index >= 15 is 0 Å². The van der Waals surface area contributed by atoms with Crippen LogP contribution in [0.15, 0.2) is 102 Å². The number of halogens is 3. The van der Waals surface area contributed by atoms with Gasteiger partial charge in [0.15, 0.2) is 0 Å². The van der Waals surface area contributed by atoms with Crippen LogP contribution in [0.5, 0.6) is 0 Å². The van der Waals surface area contributed by atoms with Crippen LogP contribution in [0.3, 0.4) is 0 Å². The van der Waals surface area contributed by atoms with Gasteiger partial charge < -0.3 is 4.90 Å². The van der Waals surface area contributed by atoms with Crippen LogP contribution < -0.4 is 4.90 Å². The molecular weight excluding hydrogens is 623 g/mol. The van der Waals surface area contributed by atoms with Gasteiger partial charge in [-0.25, -0.2) is 0 Å². The second kappa shape index (κ2) is 11.1. The molecule has 1 fully saturated rings. The highest BCUT2D eigenvalue weighted by Crippen LogP contribution is 2.52. The van der Waals surface area contributed by atoms with Crippen molar-refractivity contribution in [3.8, 4) is 0 Å². The largest absolute Gasteiger partial charge is 0.307 e. The number of likely N-dealkylation sites (tertiary alicyclic amines) is 1. The second-order valence-corrected chi connectivity index (χ2v) is 12.2. The molecule has 6 rings (SSSR count). The van der Waals surface area contributed by atoms with Gasteiger partial charge in [0.25, 0.3) is 0 Å². The fourth-order valence-electron chi connectivity index (χ4n) is 6.08. The number of nitrogens with zero attached hydrogens (tertiary/aromatic N) is 2. The number of benzene rings is 4. The summed E-state index contributed by atoms with van der Waals surface area (Å²) in [7, 11) is 0. The summed E-state index contributed by atoms with van der Waals surface area (Å²) in [5, 5.41) is 0.937. The molecule has 2 aliphatic heterocycles. The van der Waals surface area contributed by atoms with Crippen molar-refractivity contribution in [2.24, 2.45) is 5.92 Å². The average Bonchev–Trinajstić information content (AvgIpc) is 3.37. The minimum Gasteiger partial charge on any atom is -0.307 e. The van der Waals surface area contributed by atoms with Crippen molar-refractivity contribution >= 4 is 62.5 Å². The predicted molar refractivity (Wildman–Crippen MR) is 164 cm³/mol. The van der Waals surface area contributed by atoms with Crippen LogP contribution >= 0.6 is 39.1 Å². The van der Waals surface area contributed by atoms with Gasteiger partial charge in [-0.05, 0) is 65.1 Å². The fourth-order valence-corrected chi connectivity index (χ4v) is 6.71. The summed E-state index contributed by atoms with van der Waals surface area (Å²) in [6.07, 6.45) is 0.151. The molecule has 0 spiro atoms. The molecule has 0 saturated carbocycles. The minimum atomic E-state index is -1.33. The molecule has 0 aromatic heterocycles. The van der Waals surface area contributed by atoms with Gasteiger partial charge in [-0.3, -0.25) is 19.3 Å². The Balaban J connectivity index is 1.48. The maximum absolute atomic E-state index is 14.8. The zero-order valence-electron chi connectivity index (χ0n) is 21.9. The van der Waals surface area contributed by atoms with Crippen molar-refractivity contribution in [3.63, 3.8) is 0 Å². The van der Waals surface area contributed by atoms with Crippen LogP contribution in [0.1, 0.15) is 28.7 Å². The molecule has 1 saturated heterocycles. The first-order chi connectivity index (χ1) is 19.8. The molecule has 2 atom stereocenters. The molecule has 0 aliphatic carbocycles. The third-order valence-corrected chi connectivity index (χ3v) is 9.19. The van der Waals surface area contributed by atoms with Crippen molar-refractivity contribution in [2.45, 2.75) is 31.3 Å². The van der Waals surface area contributed by atoms with E-state index in [1.807, 2.05) is 66.7 Å². The molecule has 8 heteroatoms. The van der Waals surface area contributed by atoms with Crippen molar-refractivity contribution in [1.82, 2.24) is 4.90 Å². The highest BCUT2D eigenvalue weighted by Gasteiger charge is 2.61. The summed E-state index contributed by atoms with van der Waals surface area (Å²) in [6, 6.07) is 29.9. The van der Waals surface area contributed by atoms with E-state index < -0.39 is 11.3 Å². The van der Waals surface area contributed by atoms with Gasteiger partial charge in [-0.1, -0.05) is 99.8 Å². The number of anilines is 1. The number of carbonyl (C=O) groups excluding carboxylic acids is 3. The summed E-state index contributed by atoms with van der Waals surface area (Å²) >= 11 is 16.4. The Morgan fingerprint density at radius 1 is 0.780 bits per heavy atom. The average molecular weight is 648 g/mol. The smallest absolute Gasteiger partial charge is 0.239 e. The standard InChI is InChI=1S/C33H25BrCl2N2O3/c34-24-12-10-21(11-13-24)18-33(27-17-30(39)38(31(27)40)20-23-8-4-5-9-28(23)36)26-16-25(35)14-15-29(26)37(32(33)41)19-22-6-2-1-3-7-22/h1-16,27H,17-20H2/t27-,33+/m0/s1. The van der Waals surface area contributed by atoms with Crippen LogP contribution in [0.25, 0.3) is 0 Å². The third kappa shape index (κ3) is 4.99. The highest BCUT2D eigenvalue weighted by atomic mass is 79.9. The summed E-state index contributed by atoms with van der Waals surface area (Å²) in [5.74, 6) is -1.83. The van der Waals surface area contributed by atoms with E-state index in [4.69, 9.17) is 23.2 Å². The van der Waals surface area contributed by atoms with E-state index in [1.165, 1.54) is 4.90 Å². The molecule has 41 heavy (non-hydrogen) atoms. The number of hydrogen-bond acceptors (Lipinski definition) is 3. The molecule has 0 bridgehead atoms. The Morgan fingerprint density at radius 3 is 2.22 bits per heavy atom. The zero-order valence-corrected chi connectivity index (χ0v) is 25.0. The first-order valence-electron chi connectivity index (χ1n) is 13.3. The van der Waals surface area contributed by atoms with Gasteiger partial charge in [-0.15, -0.1) is 0 Å². The molecular formula is C33H25BrCl2N2O3. The molecule has 2 heterocycles. The van der Waals surface area contributed by atoms with Crippen LogP contribution in [-0.2, 0) is 39.3 Å². The Kier molecular flexibility index (Phi) is 7.49. The second-order valence-electron chi connectivity index (χ2n) is 10.5. The van der Waals surface area contributed by atoms with Crippen molar-refractivity contribution in [1.29, 1.82) is 0 Å². The van der Waals surface area contributed by atoms with Gasteiger partial charge in [0, 0.05) is 26.6 Å². The molecule has 5 nitrogen and oxygen atoms in total. The van der Waals surface area contributed by atoms with Crippen LogP contribution in [0.2, 0.25) is 10.0 Å². The monoisotopic (exact) mass is 646 g/mol. The lowest BCUT2D eigenvalue weighted by Gasteiger charge is -2.34. The number of fused-ring (bicyclic) bond motifs is 1. The molecule has 206 valence electrons. The lowest BCUT2D eigenvalue weighted by atomic mass is 9.66. The molecule has 0 N–H and O–H groups in total. The van der Waals surface area contributed by atoms with E-state index in [0.29, 0.717) is 33.4 Å². The SMILES string of the molecule is O=C1C[C@H]([C@]2(Cc3ccc(Br)cc3)C(=O)N(Cc3ccccc3)c3ccc(Cl)cc32)C(=O)N1Cc1ccccc1Cl. The van der Waals surface area contributed by atoms with Crippen molar-refractivity contribution < 1.29 is 14.4 Å². The van der Waals surface area contributed by atoms with Crippen LogP contribution in [0, 0.1) is 5.92 Å². The van der Waals surface area contributed by atoms with E-state index in [9.17, 15) is 14.4 Å². The summed E-state index contributed by atoms with van der Waals surface area (Å²) in [5.41, 5.74) is 2.54. The maximum atomic E-state index is 14.8. The normalized spacial score (nSPS) is 20.2. The van der Waals surface area contributed by atoms with Gasteiger partial charge in [-0.2, -0.15) is 0 Å². The van der Waals surface area contributed by atoms with Crippen molar-refractivity contribution in [2.75, 3.05) is 4.90 Å². The van der Waals surface area contributed by atoms with Gasteiger partial charge >= 0.3 is 0 Å². The van der Waals surface area contributed by atoms with E-state index in [0.717, 1.165) is 15.6 Å². The number of hydrogen-bond donors (Lipinski definition) is 0. The number of carbonyl (C=O) groups is 3. The number of rotatable bonds is 7.